The summed E-state index contributed by atoms with van der Waals surface area (Å²) in [7, 11) is -5.28. The van der Waals surface area contributed by atoms with Gasteiger partial charge in [-0.2, -0.15) is 0 Å². The molecule has 14 nitrogen and oxygen atoms in total. The van der Waals surface area contributed by atoms with Gasteiger partial charge in [0.1, 0.15) is 0 Å². The first kappa shape index (κ1) is 31.2. The Morgan fingerprint density at radius 1 is 1.29 bits per heavy atom. The molecular weight excluding hydrogens is 553 g/mol. The molecule has 0 aromatic heterocycles. The van der Waals surface area contributed by atoms with E-state index in [2.05, 4.69) is 15.0 Å². The number of aliphatic imine (C=N–C) groups is 3. The first-order valence-electron chi connectivity index (χ1n) is 13.4. The summed E-state index contributed by atoms with van der Waals surface area (Å²) in [5, 5.41) is 30.9. The number of benzene rings is 1. The number of hydrogen-bond acceptors (Lipinski definition) is 14. The second-order valence-corrected chi connectivity index (χ2v) is 14.1. The van der Waals surface area contributed by atoms with Crippen molar-refractivity contribution in [2.24, 2.45) is 20.7 Å². The van der Waals surface area contributed by atoms with E-state index >= 15 is 0 Å². The predicted molar refractivity (Wildman–Crippen MR) is 153 cm³/mol. The van der Waals surface area contributed by atoms with E-state index in [1.165, 1.54) is 9.57 Å². The van der Waals surface area contributed by atoms with Crippen LogP contribution in [0.25, 0.3) is 0 Å². The summed E-state index contributed by atoms with van der Waals surface area (Å²) in [6, 6.07) is 9.54. The van der Waals surface area contributed by atoms with Gasteiger partial charge in [0.05, 0.1) is 0 Å². The second-order valence-electron chi connectivity index (χ2n) is 10.9. The fourth-order valence-corrected chi connectivity index (χ4v) is 9.31. The van der Waals surface area contributed by atoms with Crippen molar-refractivity contribution in [2.45, 2.75) is 76.4 Å². The number of aliphatic hydroxyl groups excluding tert-OH is 2. The number of ether oxygens (including phenoxy) is 1. The normalized spacial score (nSPS) is 28.9. The summed E-state index contributed by atoms with van der Waals surface area (Å²) < 4.78 is 13.4. The number of hydrogen-bond donors (Lipinski definition) is 5. The van der Waals surface area contributed by atoms with Gasteiger partial charge in [-0.25, -0.2) is 0 Å². The standard InChI is InChI=1S/C26H38N7O7P/c1-16(2)33(17(3)4)41(37,38,12-8-11-27)40-21-19(13-34)39-25(20(21)35)32-15-30-22-24(32)29-14-31-26(22,28)23(36)18-9-6-5-7-10-18/h5-7,9-10,14,16-17,19-21,25,34-35,37-38H,8,12-13,15,28H2,1-4H3/t19-,20-,21-,25-,26?/m1/s1. The third kappa shape index (κ3) is 5.58. The Balaban J connectivity index is 1.62. The molecule has 3 aliphatic heterocycles. The number of amidine groups is 1. The van der Waals surface area contributed by atoms with Crippen molar-refractivity contribution < 1.29 is 34.1 Å². The van der Waals surface area contributed by atoms with Gasteiger partial charge in [0, 0.05) is 0 Å². The first-order chi connectivity index (χ1) is 19.3. The van der Waals surface area contributed by atoms with E-state index < -0.39 is 68.3 Å². The summed E-state index contributed by atoms with van der Waals surface area (Å²) in [5.41, 5.74) is 5.03. The number of nitriles is 1. The monoisotopic (exact) mass is 591 g/mol. The Morgan fingerprint density at radius 3 is 2.54 bits per heavy atom. The first-order valence-corrected chi connectivity index (χ1v) is 15.6. The Kier molecular flexibility index (Phi) is 8.78. The number of Topliss-reactive ketones (excluding diaryl/α,β-unsaturated/α-hetero) is 1. The van der Waals surface area contributed by atoms with Gasteiger partial charge in [-0.05, 0) is 0 Å². The van der Waals surface area contributed by atoms with Crippen LogP contribution < -0.4 is 5.73 Å². The summed E-state index contributed by atoms with van der Waals surface area (Å²) in [6.45, 7) is 6.33. The minimum atomic E-state index is -5.28. The van der Waals surface area contributed by atoms with Crippen LogP contribution in [0.15, 0.2) is 45.3 Å². The van der Waals surface area contributed by atoms with Gasteiger partial charge in [-0.1, -0.05) is 6.07 Å². The molecule has 0 spiro atoms. The molecule has 0 amide bonds. The average Bonchev–Trinajstić information content (AvgIpc) is 3.48. The second kappa shape index (κ2) is 11.5. The third-order valence-electron chi connectivity index (χ3n) is 7.32. The fraction of sp³-hybridized carbons (Fsp3) is 0.577. The van der Waals surface area contributed by atoms with Crippen molar-refractivity contribution >= 4 is 31.1 Å². The molecule has 3 aliphatic rings. The number of fused-ring (bicyclic) bond motifs is 1. The summed E-state index contributed by atoms with van der Waals surface area (Å²) >= 11 is 0. The van der Waals surface area contributed by atoms with Gasteiger partial charge in [-0.3, -0.25) is 0 Å². The zero-order valence-corrected chi connectivity index (χ0v) is 24.4. The van der Waals surface area contributed by atoms with Crippen LogP contribution in [0.5, 0.6) is 0 Å². The van der Waals surface area contributed by atoms with Gasteiger partial charge < -0.3 is 0 Å². The molecule has 5 atom stereocenters. The van der Waals surface area contributed by atoms with Crippen LogP contribution in [0.2, 0.25) is 0 Å². The topological polar surface area (TPSA) is 210 Å². The predicted octanol–water partition coefficient (Wildman–Crippen LogP) is 0.372. The molecule has 6 N–H and O–H groups in total. The van der Waals surface area contributed by atoms with Crippen molar-refractivity contribution in [1.82, 2.24) is 9.57 Å². The van der Waals surface area contributed by atoms with E-state index in [1.807, 2.05) is 6.07 Å². The van der Waals surface area contributed by atoms with Crippen molar-refractivity contribution in [3.05, 3.63) is 35.9 Å². The number of aliphatic hydroxyl groups is 2. The molecule has 0 radical (unpaired) electrons. The Hall–Kier alpha value is -2.70. The van der Waals surface area contributed by atoms with Crippen LogP contribution in [-0.4, -0.2) is 115 Å². The van der Waals surface area contributed by atoms with E-state index in [1.54, 1.807) is 58.0 Å². The van der Waals surface area contributed by atoms with E-state index in [0.29, 0.717) is 5.56 Å². The molecule has 1 saturated heterocycles. The number of carbonyl (C=O) groups is 1. The van der Waals surface area contributed by atoms with Crippen molar-refractivity contribution in [2.75, 3.05) is 19.4 Å². The average molecular weight is 592 g/mol. The zero-order chi connectivity index (χ0) is 30.2. The molecule has 0 aliphatic carbocycles. The molecule has 15 heteroatoms. The van der Waals surface area contributed by atoms with Gasteiger partial charge in [0.25, 0.3) is 0 Å². The van der Waals surface area contributed by atoms with Crippen molar-refractivity contribution in [3.8, 4) is 6.07 Å². The molecule has 1 aromatic carbocycles. The van der Waals surface area contributed by atoms with Gasteiger partial charge in [0.15, 0.2) is 0 Å². The number of rotatable bonds is 11. The van der Waals surface area contributed by atoms with Crippen LogP contribution in [0, 0.1) is 11.3 Å². The molecule has 41 heavy (non-hydrogen) atoms. The van der Waals surface area contributed by atoms with Crippen molar-refractivity contribution in [3.63, 3.8) is 0 Å². The molecule has 0 saturated carbocycles. The fourth-order valence-electron chi connectivity index (χ4n) is 5.76. The van der Waals surface area contributed by atoms with E-state index in [-0.39, 0.29) is 24.6 Å². The van der Waals surface area contributed by atoms with Crippen LogP contribution >= 0.6 is 7.43 Å². The summed E-state index contributed by atoms with van der Waals surface area (Å²) in [6.07, 6.45) is -4.77. The van der Waals surface area contributed by atoms with E-state index in [9.17, 15) is 30.1 Å². The van der Waals surface area contributed by atoms with E-state index in [4.69, 9.17) is 15.0 Å². The van der Waals surface area contributed by atoms with E-state index in [0.717, 1.165) is 6.34 Å². The molecule has 0 bridgehead atoms. The summed E-state index contributed by atoms with van der Waals surface area (Å²) in [5.74, 6) is -0.350. The summed E-state index contributed by atoms with van der Waals surface area (Å²) in [4.78, 5) is 51.3. The molecule has 3 heterocycles. The number of nitrogens with two attached hydrogens (primary N) is 1. The van der Waals surface area contributed by atoms with Crippen molar-refractivity contribution in [1.29, 1.82) is 5.26 Å². The number of carbonyl (C=O) groups excluding carboxylic acids is 1. The van der Waals surface area contributed by atoms with Crippen LogP contribution in [-0.2, 0) is 9.26 Å². The maximum absolute atomic E-state index is 13.4. The quantitative estimate of drug-likeness (QED) is 0.175. The van der Waals surface area contributed by atoms with Gasteiger partial charge >= 0.3 is 232 Å². The molecule has 1 aromatic rings. The van der Waals surface area contributed by atoms with Crippen LogP contribution in [0.4, 0.5) is 0 Å². The maximum atomic E-state index is 13.4. The van der Waals surface area contributed by atoms with Crippen LogP contribution in [0.1, 0.15) is 44.5 Å². The third-order valence-corrected chi connectivity index (χ3v) is 10.9. The Morgan fingerprint density at radius 2 is 1.95 bits per heavy atom. The number of nitrogens with zero attached hydrogens (tertiary/aromatic N) is 6. The minimum absolute atomic E-state index is 0.0818. The molecule has 224 valence electrons. The molecule has 4 rings (SSSR count). The van der Waals surface area contributed by atoms with Gasteiger partial charge in [-0.15, -0.1) is 0 Å². The molecule has 1 unspecified atom stereocenters. The zero-order valence-electron chi connectivity index (χ0n) is 23.5. The Labute approximate surface area is 238 Å². The Bertz CT molecular complexity index is 1270. The van der Waals surface area contributed by atoms with Gasteiger partial charge in [0.2, 0.25) is 0 Å². The molecule has 1 fully saturated rings. The number of ketones is 1. The van der Waals surface area contributed by atoms with Crippen LogP contribution in [0.3, 0.4) is 0 Å². The molecular formula is C26H38N7O7P. The SMILES string of the molecule is CC(C)N(C(C)C)P(O)(O)(CCC#N)O[C@H]1[C@@H](O)[C@H](N2CN=C3C2=NC=NC3(N)C(=O)c2ccccc2)O[C@@H]1CO.